The minimum Gasteiger partial charge on any atom is -0.496 e. The molecule has 1 aliphatic heterocycles. The van der Waals surface area contributed by atoms with Crippen LogP contribution in [0, 0.1) is 13.8 Å². The molecule has 0 radical (unpaired) electrons. The summed E-state index contributed by atoms with van der Waals surface area (Å²) in [5.74, 6) is 0.816. The summed E-state index contributed by atoms with van der Waals surface area (Å²) in [6.07, 6.45) is 2.18. The van der Waals surface area contributed by atoms with E-state index in [0.717, 1.165) is 30.5 Å². The lowest BCUT2D eigenvalue weighted by molar-refractivity contribution is 0.0995. The fourth-order valence-electron chi connectivity index (χ4n) is 3.47. The fraction of sp³-hybridized carbons (Fsp3) is 0.350. The molecule has 0 N–H and O–H groups in total. The lowest BCUT2D eigenvalue weighted by atomic mass is 9.99. The van der Waals surface area contributed by atoms with E-state index in [0.29, 0.717) is 17.9 Å². The molecule has 0 fully saturated rings. The molecule has 0 aliphatic carbocycles. The normalized spacial score (nSPS) is 13.6. The van der Waals surface area contributed by atoms with E-state index >= 15 is 0 Å². The van der Waals surface area contributed by atoms with Gasteiger partial charge in [-0.05, 0) is 55.5 Å². The van der Waals surface area contributed by atoms with Crippen LogP contribution in [0.1, 0.15) is 33.5 Å². The molecule has 3 heteroatoms. The van der Waals surface area contributed by atoms with E-state index in [-0.39, 0.29) is 5.78 Å². The van der Waals surface area contributed by atoms with Crippen molar-refractivity contribution in [2.24, 2.45) is 0 Å². The molecule has 1 heterocycles. The van der Waals surface area contributed by atoms with Crippen LogP contribution in [0.3, 0.4) is 0 Å². The lowest BCUT2D eigenvalue weighted by Gasteiger charge is -2.30. The Morgan fingerprint density at radius 1 is 1.22 bits per heavy atom. The summed E-state index contributed by atoms with van der Waals surface area (Å²) in [6.45, 7) is 5.32. The van der Waals surface area contributed by atoms with Crippen LogP contribution >= 0.6 is 0 Å². The van der Waals surface area contributed by atoms with Gasteiger partial charge in [-0.25, -0.2) is 0 Å². The molecule has 120 valence electrons. The number of ether oxygens (including phenoxy) is 1. The zero-order valence-electron chi connectivity index (χ0n) is 14.1. The Kier molecular flexibility index (Phi) is 4.37. The SMILES string of the molecule is COc1c(C)cc(C)cc1C(=O)CN1CCCc2ccccc21. The molecule has 0 aromatic heterocycles. The number of fused-ring (bicyclic) bond motifs is 1. The molecule has 1 aliphatic rings. The van der Waals surface area contributed by atoms with Gasteiger partial charge in [-0.1, -0.05) is 24.3 Å². The molecule has 3 nitrogen and oxygen atoms in total. The van der Waals surface area contributed by atoms with Crippen LogP contribution in [0.2, 0.25) is 0 Å². The standard InChI is InChI=1S/C20H23NO2/c1-14-11-15(2)20(23-3)17(12-14)19(22)13-21-10-6-8-16-7-4-5-9-18(16)21/h4-5,7,9,11-12H,6,8,10,13H2,1-3H3. The number of carbonyl (C=O) groups excluding carboxylic acids is 1. The van der Waals surface area contributed by atoms with Crippen molar-refractivity contribution < 1.29 is 9.53 Å². The first-order chi connectivity index (χ1) is 11.1. The van der Waals surface area contributed by atoms with Crippen molar-refractivity contribution in [3.05, 3.63) is 58.7 Å². The van der Waals surface area contributed by atoms with Crippen molar-refractivity contribution >= 4 is 11.5 Å². The van der Waals surface area contributed by atoms with Crippen LogP contribution in [0.4, 0.5) is 5.69 Å². The fourth-order valence-corrected chi connectivity index (χ4v) is 3.47. The number of anilines is 1. The number of benzene rings is 2. The molecular weight excluding hydrogens is 286 g/mol. The van der Waals surface area contributed by atoms with E-state index in [1.54, 1.807) is 7.11 Å². The van der Waals surface area contributed by atoms with Crippen LogP contribution < -0.4 is 9.64 Å². The van der Waals surface area contributed by atoms with Gasteiger partial charge >= 0.3 is 0 Å². The third-order valence-corrected chi connectivity index (χ3v) is 4.46. The zero-order chi connectivity index (χ0) is 16.4. The Bertz CT molecular complexity index is 736. The number of para-hydroxylation sites is 1. The number of ketones is 1. The summed E-state index contributed by atoms with van der Waals surface area (Å²) >= 11 is 0. The van der Waals surface area contributed by atoms with Crippen LogP contribution in [0.5, 0.6) is 5.75 Å². The number of methoxy groups -OCH3 is 1. The Balaban J connectivity index is 1.89. The van der Waals surface area contributed by atoms with Gasteiger partial charge in [-0.2, -0.15) is 0 Å². The predicted molar refractivity (Wildman–Crippen MR) is 93.8 cm³/mol. The first-order valence-electron chi connectivity index (χ1n) is 8.11. The van der Waals surface area contributed by atoms with E-state index in [9.17, 15) is 4.79 Å². The van der Waals surface area contributed by atoms with Gasteiger partial charge in [0.15, 0.2) is 5.78 Å². The largest absolute Gasteiger partial charge is 0.496 e. The summed E-state index contributed by atoms with van der Waals surface area (Å²) in [6, 6.07) is 12.4. The number of carbonyl (C=O) groups is 1. The number of hydrogen-bond acceptors (Lipinski definition) is 3. The highest BCUT2D eigenvalue weighted by Gasteiger charge is 2.22. The Morgan fingerprint density at radius 2 is 2.00 bits per heavy atom. The number of rotatable bonds is 4. The van der Waals surface area contributed by atoms with Gasteiger partial charge in [0, 0.05) is 12.2 Å². The minimum atomic E-state index is 0.116. The van der Waals surface area contributed by atoms with Crippen LogP contribution in [0.15, 0.2) is 36.4 Å². The third kappa shape index (κ3) is 3.09. The maximum atomic E-state index is 12.9. The second-order valence-corrected chi connectivity index (χ2v) is 6.24. The molecular formula is C20H23NO2. The van der Waals surface area contributed by atoms with Gasteiger partial charge in [-0.15, -0.1) is 0 Å². The van der Waals surface area contributed by atoms with Crippen LogP contribution in [-0.4, -0.2) is 26.0 Å². The van der Waals surface area contributed by atoms with Crippen molar-refractivity contribution in [2.75, 3.05) is 25.1 Å². The summed E-state index contributed by atoms with van der Waals surface area (Å²) < 4.78 is 5.47. The van der Waals surface area contributed by atoms with E-state index in [1.807, 2.05) is 32.0 Å². The highest BCUT2D eigenvalue weighted by atomic mass is 16.5. The Hall–Kier alpha value is -2.29. The zero-order valence-corrected chi connectivity index (χ0v) is 14.1. The monoisotopic (exact) mass is 309 g/mol. The number of Topliss-reactive ketones (excluding diaryl/α,β-unsaturated/α-hetero) is 1. The smallest absolute Gasteiger partial charge is 0.185 e. The molecule has 2 aromatic rings. The summed E-state index contributed by atoms with van der Waals surface area (Å²) in [4.78, 5) is 15.1. The van der Waals surface area contributed by atoms with Crippen molar-refractivity contribution in [3.8, 4) is 5.75 Å². The average Bonchev–Trinajstić information content (AvgIpc) is 2.54. The number of nitrogens with zero attached hydrogens (tertiary/aromatic N) is 1. The second kappa shape index (κ2) is 6.45. The number of hydrogen-bond donors (Lipinski definition) is 0. The minimum absolute atomic E-state index is 0.116. The maximum Gasteiger partial charge on any atom is 0.185 e. The van der Waals surface area contributed by atoms with Crippen LogP contribution in [0.25, 0.3) is 0 Å². The molecule has 3 rings (SSSR count). The third-order valence-electron chi connectivity index (χ3n) is 4.46. The topological polar surface area (TPSA) is 29.5 Å². The molecule has 0 bridgehead atoms. The first-order valence-corrected chi connectivity index (χ1v) is 8.11. The first kappa shape index (κ1) is 15.6. The molecule has 0 unspecified atom stereocenters. The van der Waals surface area contributed by atoms with Gasteiger partial charge in [0.2, 0.25) is 0 Å². The molecule has 23 heavy (non-hydrogen) atoms. The quantitative estimate of drug-likeness (QED) is 0.801. The molecule has 2 aromatic carbocycles. The Morgan fingerprint density at radius 3 is 2.78 bits per heavy atom. The van der Waals surface area contributed by atoms with Gasteiger partial charge in [0.1, 0.15) is 5.75 Å². The van der Waals surface area contributed by atoms with E-state index < -0.39 is 0 Å². The van der Waals surface area contributed by atoms with Crippen LogP contribution in [-0.2, 0) is 6.42 Å². The average molecular weight is 309 g/mol. The second-order valence-electron chi connectivity index (χ2n) is 6.24. The lowest BCUT2D eigenvalue weighted by Crippen LogP contribution is -2.34. The maximum absolute atomic E-state index is 12.9. The summed E-state index contributed by atoms with van der Waals surface area (Å²) in [7, 11) is 1.63. The molecule has 0 atom stereocenters. The molecule has 0 spiro atoms. The van der Waals surface area contributed by atoms with Crippen molar-refractivity contribution in [1.29, 1.82) is 0 Å². The van der Waals surface area contributed by atoms with E-state index in [1.165, 1.54) is 11.3 Å². The van der Waals surface area contributed by atoms with Crippen molar-refractivity contribution in [3.63, 3.8) is 0 Å². The Labute approximate surface area is 137 Å². The summed E-state index contributed by atoms with van der Waals surface area (Å²) in [5, 5.41) is 0. The van der Waals surface area contributed by atoms with Crippen molar-refractivity contribution in [2.45, 2.75) is 26.7 Å². The number of aryl methyl sites for hydroxylation is 3. The molecule has 0 saturated heterocycles. The molecule has 0 amide bonds. The predicted octanol–water partition coefficient (Wildman–Crippen LogP) is 3.95. The van der Waals surface area contributed by atoms with Gasteiger partial charge in [-0.3, -0.25) is 4.79 Å². The van der Waals surface area contributed by atoms with E-state index in [4.69, 9.17) is 4.74 Å². The van der Waals surface area contributed by atoms with Gasteiger partial charge in [0.05, 0.1) is 19.2 Å². The summed E-state index contributed by atoms with van der Waals surface area (Å²) in [5.41, 5.74) is 5.31. The highest BCUT2D eigenvalue weighted by molar-refractivity contribution is 6.02. The molecule has 0 saturated carbocycles. The van der Waals surface area contributed by atoms with Crippen molar-refractivity contribution in [1.82, 2.24) is 0 Å². The van der Waals surface area contributed by atoms with Gasteiger partial charge < -0.3 is 9.64 Å². The van der Waals surface area contributed by atoms with E-state index in [2.05, 4.69) is 23.1 Å². The highest BCUT2D eigenvalue weighted by Crippen LogP contribution is 2.29. The van der Waals surface area contributed by atoms with Gasteiger partial charge in [0.25, 0.3) is 0 Å².